The van der Waals surface area contributed by atoms with E-state index in [0.29, 0.717) is 12.2 Å². The first-order valence-corrected chi connectivity index (χ1v) is 4.82. The Kier molecular flexibility index (Phi) is 4.34. The average Bonchev–Trinajstić information content (AvgIpc) is 2.24. The lowest BCUT2D eigenvalue weighted by atomic mass is 10.3. The van der Waals surface area contributed by atoms with Gasteiger partial charge in [0.2, 0.25) is 5.56 Å². The van der Waals surface area contributed by atoms with E-state index >= 15 is 0 Å². The number of hydrogen-bond donors (Lipinski definition) is 2. The Balaban J connectivity index is 2.50. The Morgan fingerprint density at radius 1 is 1.53 bits per heavy atom. The quantitative estimate of drug-likeness (QED) is 0.571. The molecular formula is C11H14N2O2. The Labute approximate surface area is 88.0 Å². The molecule has 1 amide bonds. The van der Waals surface area contributed by atoms with E-state index in [9.17, 15) is 9.59 Å². The number of allylic oxidation sites excluding steroid dienone is 1. The van der Waals surface area contributed by atoms with Crippen LogP contribution >= 0.6 is 0 Å². The first-order chi connectivity index (χ1) is 7.24. The lowest BCUT2D eigenvalue weighted by Crippen LogP contribution is -2.26. The maximum atomic E-state index is 11.5. The van der Waals surface area contributed by atoms with Gasteiger partial charge in [-0.3, -0.25) is 9.59 Å². The number of nitrogens with one attached hydrogen (secondary N) is 2. The third-order valence-electron chi connectivity index (χ3n) is 1.85. The number of amides is 1. The summed E-state index contributed by atoms with van der Waals surface area (Å²) in [4.78, 5) is 24.8. The molecule has 0 aliphatic carbocycles. The predicted octanol–water partition coefficient (Wildman–Crippen LogP) is 1.07. The first-order valence-electron chi connectivity index (χ1n) is 4.82. The molecule has 0 atom stereocenters. The molecule has 80 valence electrons. The molecule has 1 rings (SSSR count). The molecule has 2 N–H and O–H groups in total. The van der Waals surface area contributed by atoms with Crippen LogP contribution in [0.25, 0.3) is 0 Å². The van der Waals surface area contributed by atoms with Crippen LogP contribution in [0.3, 0.4) is 0 Å². The summed E-state index contributed by atoms with van der Waals surface area (Å²) < 4.78 is 0. The van der Waals surface area contributed by atoms with Crippen molar-refractivity contribution in [3.63, 3.8) is 0 Å². The number of H-pyrrole nitrogens is 1. The number of rotatable bonds is 4. The van der Waals surface area contributed by atoms with Crippen LogP contribution in [0, 0.1) is 0 Å². The summed E-state index contributed by atoms with van der Waals surface area (Å²) >= 11 is 0. The van der Waals surface area contributed by atoms with Crippen molar-refractivity contribution >= 4 is 5.91 Å². The summed E-state index contributed by atoms with van der Waals surface area (Å²) in [6.07, 6.45) is 4.68. The number of aromatic amines is 1. The molecule has 0 aliphatic rings. The summed E-state index contributed by atoms with van der Waals surface area (Å²) in [7, 11) is 0. The standard InChI is InChI=1S/C11H14N2O2/c1-2-3-4-8-12-11(15)9-6-5-7-10(14)13-9/h2-3,5-7H,4,8H2,1H3,(H,12,15)(H,13,14)/b3-2+. The van der Waals surface area contributed by atoms with Crippen LogP contribution in [0.15, 0.2) is 35.1 Å². The van der Waals surface area contributed by atoms with Crippen LogP contribution in [0.5, 0.6) is 0 Å². The summed E-state index contributed by atoms with van der Waals surface area (Å²) in [5, 5.41) is 2.70. The smallest absolute Gasteiger partial charge is 0.267 e. The highest BCUT2D eigenvalue weighted by Gasteiger charge is 2.03. The highest BCUT2D eigenvalue weighted by molar-refractivity contribution is 5.92. The van der Waals surface area contributed by atoms with Crippen molar-refractivity contribution in [2.45, 2.75) is 13.3 Å². The molecule has 0 aromatic carbocycles. The van der Waals surface area contributed by atoms with Crippen LogP contribution in [0.1, 0.15) is 23.8 Å². The Morgan fingerprint density at radius 2 is 2.33 bits per heavy atom. The molecular weight excluding hydrogens is 192 g/mol. The molecule has 1 aromatic rings. The minimum Gasteiger partial charge on any atom is -0.350 e. The molecule has 1 aromatic heterocycles. The van der Waals surface area contributed by atoms with Crippen LogP contribution in [0.4, 0.5) is 0 Å². The first kappa shape index (κ1) is 11.2. The van der Waals surface area contributed by atoms with Gasteiger partial charge in [-0.15, -0.1) is 0 Å². The van der Waals surface area contributed by atoms with Crippen molar-refractivity contribution in [3.05, 3.63) is 46.4 Å². The van der Waals surface area contributed by atoms with E-state index in [1.807, 2.05) is 19.1 Å². The van der Waals surface area contributed by atoms with Gasteiger partial charge in [0.15, 0.2) is 0 Å². The summed E-state index contributed by atoms with van der Waals surface area (Å²) in [5.41, 5.74) is 0.0269. The van der Waals surface area contributed by atoms with Crippen molar-refractivity contribution in [2.24, 2.45) is 0 Å². The van der Waals surface area contributed by atoms with Crippen molar-refractivity contribution in [3.8, 4) is 0 Å². The summed E-state index contributed by atoms with van der Waals surface area (Å²) in [6, 6.07) is 4.50. The van der Waals surface area contributed by atoms with E-state index in [0.717, 1.165) is 6.42 Å². The van der Waals surface area contributed by atoms with Gasteiger partial charge in [0.05, 0.1) is 0 Å². The highest BCUT2D eigenvalue weighted by atomic mass is 16.2. The van der Waals surface area contributed by atoms with E-state index in [2.05, 4.69) is 10.3 Å². The number of carbonyl (C=O) groups is 1. The molecule has 4 heteroatoms. The fourth-order valence-corrected chi connectivity index (χ4v) is 1.11. The fourth-order valence-electron chi connectivity index (χ4n) is 1.11. The van der Waals surface area contributed by atoms with Gasteiger partial charge < -0.3 is 10.3 Å². The van der Waals surface area contributed by atoms with E-state index in [4.69, 9.17) is 0 Å². The normalized spacial score (nSPS) is 10.5. The van der Waals surface area contributed by atoms with E-state index in [1.165, 1.54) is 6.07 Å². The molecule has 0 saturated carbocycles. The second kappa shape index (κ2) is 5.80. The predicted molar refractivity (Wildman–Crippen MR) is 58.8 cm³/mol. The summed E-state index contributed by atoms with van der Waals surface area (Å²) in [5.74, 6) is -0.253. The lowest BCUT2D eigenvalue weighted by molar-refractivity contribution is 0.0949. The van der Waals surface area contributed by atoms with E-state index in [1.54, 1.807) is 12.1 Å². The Morgan fingerprint density at radius 3 is 3.00 bits per heavy atom. The van der Waals surface area contributed by atoms with Crippen molar-refractivity contribution < 1.29 is 4.79 Å². The molecule has 0 saturated heterocycles. The second-order valence-corrected chi connectivity index (χ2v) is 3.04. The fraction of sp³-hybridized carbons (Fsp3) is 0.273. The van der Waals surface area contributed by atoms with Gasteiger partial charge in [0.25, 0.3) is 5.91 Å². The van der Waals surface area contributed by atoms with Gasteiger partial charge in [0, 0.05) is 12.6 Å². The van der Waals surface area contributed by atoms with E-state index < -0.39 is 0 Å². The molecule has 0 unspecified atom stereocenters. The molecule has 0 aliphatic heterocycles. The van der Waals surface area contributed by atoms with Gasteiger partial charge in [0.1, 0.15) is 5.69 Å². The van der Waals surface area contributed by atoms with Crippen LogP contribution in [-0.4, -0.2) is 17.4 Å². The minimum absolute atomic E-state index is 0.253. The largest absolute Gasteiger partial charge is 0.350 e. The van der Waals surface area contributed by atoms with E-state index in [-0.39, 0.29) is 11.5 Å². The molecule has 0 radical (unpaired) electrons. The lowest BCUT2D eigenvalue weighted by Gasteiger charge is -2.02. The third kappa shape index (κ3) is 3.81. The van der Waals surface area contributed by atoms with Gasteiger partial charge >= 0.3 is 0 Å². The molecule has 0 spiro atoms. The van der Waals surface area contributed by atoms with Gasteiger partial charge in [-0.25, -0.2) is 0 Å². The molecule has 1 heterocycles. The maximum Gasteiger partial charge on any atom is 0.267 e. The van der Waals surface area contributed by atoms with Crippen molar-refractivity contribution in [1.29, 1.82) is 0 Å². The highest BCUT2D eigenvalue weighted by Crippen LogP contribution is 1.90. The van der Waals surface area contributed by atoms with Gasteiger partial charge in [-0.05, 0) is 19.4 Å². The third-order valence-corrected chi connectivity index (χ3v) is 1.85. The Bertz CT molecular complexity index is 407. The van der Waals surface area contributed by atoms with Gasteiger partial charge in [-0.2, -0.15) is 0 Å². The zero-order valence-electron chi connectivity index (χ0n) is 8.62. The minimum atomic E-state index is -0.267. The monoisotopic (exact) mass is 206 g/mol. The molecule has 0 bridgehead atoms. The molecule has 0 fully saturated rings. The van der Waals surface area contributed by atoms with Crippen LogP contribution in [-0.2, 0) is 0 Å². The summed E-state index contributed by atoms with van der Waals surface area (Å²) in [6.45, 7) is 2.50. The van der Waals surface area contributed by atoms with Crippen molar-refractivity contribution in [1.82, 2.24) is 10.3 Å². The zero-order chi connectivity index (χ0) is 11.1. The number of carbonyl (C=O) groups excluding carboxylic acids is 1. The zero-order valence-corrected chi connectivity index (χ0v) is 8.62. The van der Waals surface area contributed by atoms with Crippen molar-refractivity contribution in [2.75, 3.05) is 6.54 Å². The topological polar surface area (TPSA) is 62.0 Å². The average molecular weight is 206 g/mol. The Hall–Kier alpha value is -1.84. The second-order valence-electron chi connectivity index (χ2n) is 3.04. The number of aromatic nitrogens is 1. The molecule has 4 nitrogen and oxygen atoms in total. The molecule has 15 heavy (non-hydrogen) atoms. The maximum absolute atomic E-state index is 11.5. The number of hydrogen-bond acceptors (Lipinski definition) is 2. The van der Waals surface area contributed by atoms with Crippen LogP contribution < -0.4 is 10.9 Å². The van der Waals surface area contributed by atoms with Gasteiger partial charge in [-0.1, -0.05) is 18.2 Å². The van der Waals surface area contributed by atoms with Crippen LogP contribution in [0.2, 0.25) is 0 Å². The number of pyridine rings is 1. The SMILES string of the molecule is C/C=C/CCNC(=O)c1cccc(=O)[nH]1.